The molecule has 1 aliphatic heterocycles. The second-order valence-corrected chi connectivity index (χ2v) is 9.45. The summed E-state index contributed by atoms with van der Waals surface area (Å²) in [5, 5.41) is 6.55. The van der Waals surface area contributed by atoms with Crippen molar-refractivity contribution in [1.82, 2.24) is 9.55 Å². The molecule has 2 aromatic carbocycles. The molecule has 13 heteroatoms. The Balaban J connectivity index is 1.55. The monoisotopic (exact) mass is 498 g/mol. The SMILES string of the molecule is Cc1cn([C@H]2C[C@H](N=[N+]=[N-])[C@@H](COP(=O)(Nc3ccccc3)Oc3ccccc3)O2)c(=O)[nH]c1=O. The van der Waals surface area contributed by atoms with Crippen molar-refractivity contribution in [1.29, 1.82) is 0 Å². The Labute approximate surface area is 199 Å². The first-order valence-corrected chi connectivity index (χ1v) is 12.3. The third-order valence-electron chi connectivity index (χ3n) is 5.28. The number of nitrogens with one attached hydrogen (secondary N) is 2. The standard InChI is InChI=1S/C22H23N6O6P/c1-15-13-28(22(30)24-21(15)29)20-12-18(25-27-23)19(33-20)14-32-35(31,26-16-8-4-2-5-9-16)34-17-10-6-3-7-11-17/h2-11,13,18-20H,12,14H2,1H3,(H,26,31)(H,24,29,30)/t18-,19+,20+,35?/m0/s1. The average Bonchev–Trinajstić information content (AvgIpc) is 3.24. The number of aryl methyl sites for hydroxylation is 1. The number of ether oxygens (including phenoxy) is 1. The quantitative estimate of drug-likeness (QED) is 0.194. The summed E-state index contributed by atoms with van der Waals surface area (Å²) in [6, 6.07) is 16.6. The van der Waals surface area contributed by atoms with Crippen molar-refractivity contribution >= 4 is 13.4 Å². The molecular formula is C22H23N6O6P. The molecule has 4 rings (SSSR count). The Bertz CT molecular complexity index is 1330. The minimum Gasteiger partial charge on any atom is -0.409 e. The molecule has 12 nitrogen and oxygen atoms in total. The Morgan fingerprint density at radius 3 is 2.57 bits per heavy atom. The molecule has 0 bridgehead atoms. The van der Waals surface area contributed by atoms with Crippen molar-refractivity contribution in [2.75, 3.05) is 11.7 Å². The van der Waals surface area contributed by atoms with Crippen LogP contribution in [0.1, 0.15) is 18.2 Å². The smallest absolute Gasteiger partial charge is 0.409 e. The van der Waals surface area contributed by atoms with E-state index in [1.165, 1.54) is 10.8 Å². The van der Waals surface area contributed by atoms with E-state index in [0.717, 1.165) is 0 Å². The number of rotatable bonds is 9. The highest BCUT2D eigenvalue weighted by molar-refractivity contribution is 7.55. The van der Waals surface area contributed by atoms with Gasteiger partial charge in [0.15, 0.2) is 0 Å². The fraction of sp³-hybridized carbons (Fsp3) is 0.273. The van der Waals surface area contributed by atoms with Gasteiger partial charge in [-0.3, -0.25) is 24.0 Å². The first kappa shape index (κ1) is 24.3. The third kappa shape index (κ3) is 6.00. The Morgan fingerprint density at radius 1 is 1.20 bits per heavy atom. The van der Waals surface area contributed by atoms with E-state index in [-0.39, 0.29) is 13.0 Å². The van der Waals surface area contributed by atoms with Crippen LogP contribution in [0.15, 0.2) is 81.6 Å². The van der Waals surface area contributed by atoms with Crippen LogP contribution in [0.4, 0.5) is 5.69 Å². The lowest BCUT2D eigenvalue weighted by molar-refractivity contribution is -0.0234. The van der Waals surface area contributed by atoms with Crippen molar-refractivity contribution < 1.29 is 18.3 Å². The summed E-state index contributed by atoms with van der Waals surface area (Å²) < 4.78 is 32.2. The maximum atomic E-state index is 13.7. The van der Waals surface area contributed by atoms with Crippen LogP contribution >= 0.6 is 7.75 Å². The molecule has 0 radical (unpaired) electrons. The van der Waals surface area contributed by atoms with E-state index in [1.54, 1.807) is 61.5 Å². The minimum absolute atomic E-state index is 0.152. The minimum atomic E-state index is -3.96. The number of aromatic amines is 1. The summed E-state index contributed by atoms with van der Waals surface area (Å²) in [6.45, 7) is 1.29. The largest absolute Gasteiger partial charge is 0.486 e. The van der Waals surface area contributed by atoms with Gasteiger partial charge in [0, 0.05) is 28.8 Å². The van der Waals surface area contributed by atoms with Crippen LogP contribution < -0.4 is 20.9 Å². The van der Waals surface area contributed by atoms with Crippen molar-refractivity contribution in [2.45, 2.75) is 31.7 Å². The highest BCUT2D eigenvalue weighted by Crippen LogP contribution is 2.49. The van der Waals surface area contributed by atoms with Gasteiger partial charge < -0.3 is 9.26 Å². The van der Waals surface area contributed by atoms with Gasteiger partial charge in [-0.05, 0) is 36.7 Å². The normalized spacial score (nSPS) is 21.0. The molecule has 182 valence electrons. The molecule has 0 amide bonds. The van der Waals surface area contributed by atoms with Gasteiger partial charge in [-0.1, -0.05) is 41.5 Å². The lowest BCUT2D eigenvalue weighted by atomic mass is 10.1. The van der Waals surface area contributed by atoms with Crippen molar-refractivity contribution in [3.8, 4) is 5.75 Å². The van der Waals surface area contributed by atoms with Crippen LogP contribution in [0.25, 0.3) is 10.4 Å². The maximum Gasteiger partial charge on any atom is 0.486 e. The second kappa shape index (κ2) is 10.6. The van der Waals surface area contributed by atoms with Gasteiger partial charge in [0.25, 0.3) is 5.56 Å². The second-order valence-electron chi connectivity index (χ2n) is 7.79. The molecule has 0 spiro atoms. The summed E-state index contributed by atoms with van der Waals surface area (Å²) >= 11 is 0. The van der Waals surface area contributed by atoms with E-state index >= 15 is 0 Å². The summed E-state index contributed by atoms with van der Waals surface area (Å²) in [5.74, 6) is 0.325. The highest BCUT2D eigenvalue weighted by Gasteiger charge is 2.39. The van der Waals surface area contributed by atoms with Crippen LogP contribution in [0.2, 0.25) is 0 Å². The van der Waals surface area contributed by atoms with Gasteiger partial charge in [-0.25, -0.2) is 9.36 Å². The average molecular weight is 498 g/mol. The van der Waals surface area contributed by atoms with Crippen LogP contribution in [0.3, 0.4) is 0 Å². The van der Waals surface area contributed by atoms with Crippen LogP contribution in [-0.4, -0.2) is 28.3 Å². The Hall–Kier alpha value is -3.82. The van der Waals surface area contributed by atoms with Crippen molar-refractivity contribution in [2.24, 2.45) is 5.11 Å². The lowest BCUT2D eigenvalue weighted by Crippen LogP contribution is -2.33. The summed E-state index contributed by atoms with van der Waals surface area (Å²) in [5.41, 5.74) is 8.69. The Kier molecular flexibility index (Phi) is 7.38. The van der Waals surface area contributed by atoms with Gasteiger partial charge in [0.1, 0.15) is 12.0 Å². The fourth-order valence-corrected chi connectivity index (χ4v) is 4.94. The van der Waals surface area contributed by atoms with Gasteiger partial charge in [0.2, 0.25) is 0 Å². The zero-order chi connectivity index (χ0) is 24.8. The summed E-state index contributed by atoms with van der Waals surface area (Å²) in [7, 11) is -3.96. The van der Waals surface area contributed by atoms with Gasteiger partial charge in [-0.15, -0.1) is 0 Å². The number of hydrogen-bond donors (Lipinski definition) is 2. The molecule has 4 atom stereocenters. The van der Waals surface area contributed by atoms with E-state index in [0.29, 0.717) is 17.0 Å². The molecule has 2 heterocycles. The number of hydrogen-bond acceptors (Lipinski definition) is 7. The van der Waals surface area contributed by atoms with E-state index in [2.05, 4.69) is 20.1 Å². The van der Waals surface area contributed by atoms with E-state index < -0.39 is 37.4 Å². The lowest BCUT2D eigenvalue weighted by Gasteiger charge is -2.23. The van der Waals surface area contributed by atoms with Crippen LogP contribution in [0.5, 0.6) is 5.75 Å². The topological polar surface area (TPSA) is 160 Å². The third-order valence-corrected chi connectivity index (χ3v) is 6.75. The van der Waals surface area contributed by atoms with Gasteiger partial charge in [-0.2, -0.15) is 0 Å². The molecule has 1 fully saturated rings. The zero-order valence-corrected chi connectivity index (χ0v) is 19.6. The van der Waals surface area contributed by atoms with Crippen LogP contribution in [0, 0.1) is 6.92 Å². The van der Waals surface area contributed by atoms with Gasteiger partial charge >= 0.3 is 13.4 Å². The summed E-state index contributed by atoms with van der Waals surface area (Å²) in [4.78, 5) is 29.1. The van der Waals surface area contributed by atoms with E-state index in [4.69, 9.17) is 19.3 Å². The number of nitrogens with zero attached hydrogens (tertiary/aromatic N) is 4. The van der Waals surface area contributed by atoms with Gasteiger partial charge in [0.05, 0.1) is 18.8 Å². The molecule has 3 aromatic rings. The van der Waals surface area contributed by atoms with Crippen molar-refractivity contribution in [3.63, 3.8) is 0 Å². The molecule has 1 unspecified atom stereocenters. The Morgan fingerprint density at radius 2 is 1.89 bits per heavy atom. The van der Waals surface area contributed by atoms with E-state index in [1.807, 2.05) is 6.07 Å². The first-order chi connectivity index (χ1) is 16.9. The number of benzene rings is 2. The van der Waals surface area contributed by atoms with Crippen LogP contribution in [-0.2, 0) is 13.8 Å². The zero-order valence-electron chi connectivity index (χ0n) is 18.7. The molecule has 35 heavy (non-hydrogen) atoms. The number of anilines is 1. The van der Waals surface area contributed by atoms with Crippen molar-refractivity contribution in [3.05, 3.63) is 104 Å². The molecular weight excluding hydrogens is 475 g/mol. The predicted octanol–water partition coefficient (Wildman–Crippen LogP) is 4.13. The number of para-hydroxylation sites is 2. The highest BCUT2D eigenvalue weighted by atomic mass is 31.2. The molecule has 2 N–H and O–H groups in total. The molecule has 1 aliphatic rings. The summed E-state index contributed by atoms with van der Waals surface area (Å²) in [6.07, 6.45) is -0.124. The fourth-order valence-electron chi connectivity index (χ4n) is 3.57. The number of H-pyrrole nitrogens is 1. The number of aromatic nitrogens is 2. The van der Waals surface area contributed by atoms with E-state index in [9.17, 15) is 14.2 Å². The first-order valence-electron chi connectivity index (χ1n) is 10.7. The molecule has 1 aromatic heterocycles. The molecule has 0 saturated carbocycles. The predicted molar refractivity (Wildman–Crippen MR) is 128 cm³/mol. The maximum absolute atomic E-state index is 13.7. The molecule has 1 saturated heterocycles. The number of azide groups is 1. The molecule has 0 aliphatic carbocycles.